The van der Waals surface area contributed by atoms with Crippen LogP contribution in [0, 0.1) is 16.7 Å². The first-order valence-corrected chi connectivity index (χ1v) is 17.2. The van der Waals surface area contributed by atoms with E-state index in [1.165, 1.54) is 4.68 Å². The molecule has 16 heteroatoms. The summed E-state index contributed by atoms with van der Waals surface area (Å²) in [6, 6.07) is 11.0. The van der Waals surface area contributed by atoms with E-state index in [1.807, 2.05) is 24.3 Å². The molecule has 15 nitrogen and oxygen atoms in total. The van der Waals surface area contributed by atoms with Crippen molar-refractivity contribution in [3.8, 4) is 17.3 Å². The van der Waals surface area contributed by atoms with Crippen LogP contribution in [-0.4, -0.2) is 87.4 Å². The van der Waals surface area contributed by atoms with E-state index in [0.717, 1.165) is 42.8 Å². The van der Waals surface area contributed by atoms with Gasteiger partial charge in [0.25, 0.3) is 0 Å². The molecule has 0 spiro atoms. The van der Waals surface area contributed by atoms with Crippen molar-refractivity contribution in [1.82, 2.24) is 35.5 Å². The van der Waals surface area contributed by atoms with E-state index in [2.05, 4.69) is 49.5 Å². The highest BCUT2D eigenvalue weighted by Gasteiger charge is 2.32. The van der Waals surface area contributed by atoms with Gasteiger partial charge in [0.2, 0.25) is 0 Å². The topological polar surface area (TPSA) is 183 Å². The number of anilines is 2. The number of pyridine rings is 2. The van der Waals surface area contributed by atoms with Crippen LogP contribution in [0.4, 0.5) is 16.4 Å². The van der Waals surface area contributed by atoms with Gasteiger partial charge in [0.1, 0.15) is 18.2 Å². The Morgan fingerprint density at radius 2 is 1.96 bits per heavy atom. The number of carbonyl (C=O) groups is 1. The Labute approximate surface area is 291 Å². The van der Waals surface area contributed by atoms with E-state index < -0.39 is 17.8 Å². The molecule has 2 atom stereocenters. The minimum atomic E-state index is -0.779. The largest absolute Gasteiger partial charge is 0.510 e. The second kappa shape index (κ2) is 17.5. The number of ether oxygens (including phenoxy) is 4. The van der Waals surface area contributed by atoms with Crippen LogP contribution in [0.3, 0.4) is 0 Å². The van der Waals surface area contributed by atoms with E-state index >= 15 is 0 Å². The quantitative estimate of drug-likeness (QED) is 0.178. The predicted molar refractivity (Wildman–Crippen MR) is 182 cm³/mol. The van der Waals surface area contributed by atoms with Crippen molar-refractivity contribution in [2.75, 3.05) is 43.6 Å². The smallest absolute Gasteiger partial charge is 0.435 e. The summed E-state index contributed by atoms with van der Waals surface area (Å²) in [7, 11) is 0. The molecule has 1 aliphatic carbocycles. The van der Waals surface area contributed by atoms with Gasteiger partial charge in [0.15, 0.2) is 12.1 Å². The van der Waals surface area contributed by atoms with Crippen molar-refractivity contribution in [3.63, 3.8) is 0 Å². The Morgan fingerprint density at radius 1 is 1.18 bits per heavy atom. The second-order valence-corrected chi connectivity index (χ2v) is 12.9. The van der Waals surface area contributed by atoms with Crippen LogP contribution in [0.1, 0.15) is 71.3 Å². The number of halogens is 1. The van der Waals surface area contributed by atoms with Crippen molar-refractivity contribution < 1.29 is 23.7 Å². The highest BCUT2D eigenvalue weighted by Crippen LogP contribution is 2.32. The molecule has 1 saturated heterocycles. The molecule has 0 aromatic carbocycles. The number of nitrogens with one attached hydrogen (secondary N) is 3. The Morgan fingerprint density at radius 3 is 2.71 bits per heavy atom. The van der Waals surface area contributed by atoms with Gasteiger partial charge in [-0.2, -0.15) is 9.94 Å². The summed E-state index contributed by atoms with van der Waals surface area (Å²) in [5, 5.41) is 32.5. The minimum absolute atomic E-state index is 0.118. The molecule has 3 N–H and O–H groups in total. The molecule has 264 valence electrons. The fourth-order valence-electron chi connectivity index (χ4n) is 6.07. The van der Waals surface area contributed by atoms with Crippen molar-refractivity contribution >= 4 is 29.4 Å². The average molecular weight is 697 g/mol. The SMILES string of the molecule is CCOC(=O)O[C@@H](C)n1nnnc1COCC(C)N[C@H]1CC[C@H](Nc2cc(-c3cccc(NCC4(C#N)CCOCC4)n3)c(Cl)cn2)CC1. The van der Waals surface area contributed by atoms with Gasteiger partial charge in [-0.05, 0) is 87.9 Å². The molecular weight excluding hydrogens is 652 g/mol. The number of nitrogens with zero attached hydrogens (tertiary/aromatic N) is 7. The van der Waals surface area contributed by atoms with Crippen LogP contribution in [0.15, 0.2) is 30.5 Å². The number of hydrogen-bond acceptors (Lipinski definition) is 14. The lowest BCUT2D eigenvalue weighted by atomic mass is 9.82. The molecule has 1 saturated carbocycles. The van der Waals surface area contributed by atoms with E-state index in [0.29, 0.717) is 61.9 Å². The first-order valence-electron chi connectivity index (χ1n) is 16.8. The summed E-state index contributed by atoms with van der Waals surface area (Å²) in [5.41, 5.74) is 1.08. The number of aromatic nitrogens is 6. The number of hydrogen-bond donors (Lipinski definition) is 3. The van der Waals surface area contributed by atoms with E-state index in [1.54, 1.807) is 20.0 Å². The summed E-state index contributed by atoms with van der Waals surface area (Å²) in [6.07, 6.45) is 5.56. The molecule has 5 rings (SSSR count). The highest BCUT2D eigenvalue weighted by atomic mass is 35.5. The Hall–Kier alpha value is -4.10. The van der Waals surface area contributed by atoms with Crippen molar-refractivity contribution in [2.24, 2.45) is 5.41 Å². The van der Waals surface area contributed by atoms with E-state index in [-0.39, 0.29) is 25.3 Å². The number of carbonyl (C=O) groups excluding carboxylic acids is 1. The summed E-state index contributed by atoms with van der Waals surface area (Å²) >= 11 is 6.59. The van der Waals surface area contributed by atoms with Crippen LogP contribution in [-0.2, 0) is 25.6 Å². The molecule has 49 heavy (non-hydrogen) atoms. The molecule has 1 unspecified atom stereocenters. The maximum absolute atomic E-state index is 11.6. The zero-order chi connectivity index (χ0) is 34.6. The molecule has 2 fully saturated rings. The lowest BCUT2D eigenvalue weighted by molar-refractivity contribution is -0.00389. The maximum atomic E-state index is 11.6. The first kappa shape index (κ1) is 36.2. The molecule has 1 aliphatic heterocycles. The lowest BCUT2D eigenvalue weighted by Gasteiger charge is -2.32. The molecule has 3 aromatic rings. The van der Waals surface area contributed by atoms with Crippen LogP contribution in [0.25, 0.3) is 11.3 Å². The van der Waals surface area contributed by atoms with Gasteiger partial charge >= 0.3 is 6.16 Å². The molecule has 0 bridgehead atoms. The van der Waals surface area contributed by atoms with Crippen molar-refractivity contribution in [2.45, 2.75) is 90.3 Å². The van der Waals surface area contributed by atoms with Gasteiger partial charge in [0, 0.05) is 49.6 Å². The molecule has 3 aromatic heterocycles. The van der Waals surface area contributed by atoms with E-state index in [4.69, 9.17) is 35.5 Å². The summed E-state index contributed by atoms with van der Waals surface area (Å²) in [4.78, 5) is 21.0. The van der Waals surface area contributed by atoms with E-state index in [9.17, 15) is 10.1 Å². The molecular formula is C33H45ClN10O5. The van der Waals surface area contributed by atoms with Gasteiger partial charge in [-0.15, -0.1) is 5.10 Å². The zero-order valence-electron chi connectivity index (χ0n) is 28.2. The Balaban J connectivity index is 1.06. The van der Waals surface area contributed by atoms with Gasteiger partial charge in [-0.1, -0.05) is 17.7 Å². The Kier molecular flexibility index (Phi) is 12.9. The van der Waals surface area contributed by atoms with Gasteiger partial charge < -0.3 is 34.9 Å². The first-order chi connectivity index (χ1) is 23.8. The lowest BCUT2D eigenvalue weighted by Crippen LogP contribution is -2.43. The average Bonchev–Trinajstić information content (AvgIpc) is 3.58. The van der Waals surface area contributed by atoms with Crippen molar-refractivity contribution in [3.05, 3.63) is 41.3 Å². The molecule has 0 radical (unpaired) electrons. The third kappa shape index (κ3) is 10.2. The van der Waals surface area contributed by atoms with Crippen LogP contribution in [0.5, 0.6) is 0 Å². The molecule has 4 heterocycles. The normalized spacial score (nSPS) is 20.1. The summed E-state index contributed by atoms with van der Waals surface area (Å²) in [5.74, 6) is 1.91. The monoisotopic (exact) mass is 696 g/mol. The predicted octanol–water partition coefficient (Wildman–Crippen LogP) is 5.13. The second-order valence-electron chi connectivity index (χ2n) is 12.5. The zero-order valence-corrected chi connectivity index (χ0v) is 29.0. The summed E-state index contributed by atoms with van der Waals surface area (Å²) in [6.45, 7) is 8.02. The van der Waals surface area contributed by atoms with Crippen molar-refractivity contribution in [1.29, 1.82) is 5.26 Å². The van der Waals surface area contributed by atoms with Gasteiger partial charge in [0.05, 0.1) is 35.4 Å². The van der Waals surface area contributed by atoms with Crippen LogP contribution in [0.2, 0.25) is 5.02 Å². The highest BCUT2D eigenvalue weighted by molar-refractivity contribution is 6.33. The fraction of sp³-hybridized carbons (Fsp3) is 0.606. The van der Waals surface area contributed by atoms with Crippen LogP contribution < -0.4 is 16.0 Å². The van der Waals surface area contributed by atoms with Gasteiger partial charge in [-0.3, -0.25) is 0 Å². The summed E-state index contributed by atoms with van der Waals surface area (Å²) < 4.78 is 22.7. The maximum Gasteiger partial charge on any atom is 0.510 e. The van der Waals surface area contributed by atoms with Crippen LogP contribution >= 0.6 is 11.6 Å². The third-order valence-electron chi connectivity index (χ3n) is 8.81. The standard InChI is InChI=1S/C33H45ClN10O5/c1-4-48-32(45)49-23(3)44-31(41-42-43-44)19-47-18-22(2)38-24-8-10-25(11-9-24)39-30-16-26(27(34)17-36-30)28-6-5-7-29(40-28)37-21-33(20-35)12-14-46-15-13-33/h5-7,16-17,22-25,38H,4,8-15,18-19,21H2,1-3H3,(H,36,39)(H,37,40)/t22?,23-,24-,25-/m0/s1. The molecule has 0 amide bonds. The van der Waals surface area contributed by atoms with Gasteiger partial charge in [-0.25, -0.2) is 14.8 Å². The minimum Gasteiger partial charge on any atom is -0.435 e. The Bertz CT molecular complexity index is 1550. The number of nitriles is 1. The number of tetrazole rings is 1. The molecule has 2 aliphatic rings. The number of rotatable bonds is 15. The third-order valence-corrected chi connectivity index (χ3v) is 9.11. The fourth-order valence-corrected chi connectivity index (χ4v) is 6.27.